The van der Waals surface area contributed by atoms with Gasteiger partial charge in [-0.05, 0) is 6.92 Å². The third kappa shape index (κ3) is 7.94. The average molecular weight is 238 g/mol. The minimum absolute atomic E-state index is 0.111. The van der Waals surface area contributed by atoms with Gasteiger partial charge in [-0.15, -0.1) is 0 Å². The molecule has 0 amide bonds. The average Bonchev–Trinajstić information content (AvgIpc) is 2.25. The van der Waals surface area contributed by atoms with Crippen molar-refractivity contribution >= 4 is 0 Å². The van der Waals surface area contributed by atoms with Crippen molar-refractivity contribution in [2.24, 2.45) is 5.73 Å². The van der Waals surface area contributed by atoms with Gasteiger partial charge in [0.05, 0.1) is 26.0 Å². The summed E-state index contributed by atoms with van der Waals surface area (Å²) in [5.74, 6) is 0. The summed E-state index contributed by atoms with van der Waals surface area (Å²) in [4.78, 5) is 0. The van der Waals surface area contributed by atoms with Gasteiger partial charge in [-0.2, -0.15) is 0 Å². The van der Waals surface area contributed by atoms with Crippen LogP contribution in [0, 0.1) is 0 Å². The Bertz CT molecular complexity index is 159. The molecular weight excluding hydrogens is 216 g/mol. The lowest BCUT2D eigenvalue weighted by atomic mass is 10.2. The van der Waals surface area contributed by atoms with Gasteiger partial charge < -0.3 is 30.5 Å². The van der Waals surface area contributed by atoms with E-state index in [0.717, 1.165) is 0 Å². The van der Waals surface area contributed by atoms with Crippen LogP contribution in [0.3, 0.4) is 0 Å². The third-order valence-electron chi connectivity index (χ3n) is 1.87. The first-order valence-corrected chi connectivity index (χ1v) is 5.22. The largest absolute Gasteiger partial charge is 0.394 e. The van der Waals surface area contributed by atoms with E-state index in [1.165, 1.54) is 6.92 Å². The second-order valence-corrected chi connectivity index (χ2v) is 3.35. The maximum absolute atomic E-state index is 9.29. The van der Waals surface area contributed by atoms with Gasteiger partial charge in [-0.3, -0.25) is 5.32 Å². The predicted octanol–water partition coefficient (Wildman–Crippen LogP) is -2.41. The number of ether oxygens (including phenoxy) is 2. The highest BCUT2D eigenvalue weighted by Gasteiger charge is 2.16. The highest BCUT2D eigenvalue weighted by molar-refractivity contribution is 4.62. The quantitative estimate of drug-likeness (QED) is 0.212. The molecular formula is C9H22N2O5. The first-order valence-electron chi connectivity index (χ1n) is 5.22. The molecule has 0 spiro atoms. The first kappa shape index (κ1) is 15.7. The van der Waals surface area contributed by atoms with Crippen LogP contribution in [-0.2, 0) is 9.47 Å². The number of nitrogens with two attached hydrogens (primary N) is 1. The molecule has 98 valence electrons. The summed E-state index contributed by atoms with van der Waals surface area (Å²) in [6, 6.07) is 0. The molecule has 0 aromatic carbocycles. The molecule has 0 aromatic rings. The summed E-state index contributed by atoms with van der Waals surface area (Å²) in [6.07, 6.45) is -2.61. The van der Waals surface area contributed by atoms with Crippen molar-refractivity contribution < 1.29 is 24.8 Å². The number of aliphatic hydroxyl groups is 3. The zero-order chi connectivity index (χ0) is 12.4. The van der Waals surface area contributed by atoms with Gasteiger partial charge in [-0.1, -0.05) is 0 Å². The Kier molecular flexibility index (Phi) is 9.74. The molecule has 0 aliphatic rings. The molecule has 6 N–H and O–H groups in total. The van der Waals surface area contributed by atoms with Gasteiger partial charge in [0.2, 0.25) is 0 Å². The van der Waals surface area contributed by atoms with E-state index >= 15 is 0 Å². The van der Waals surface area contributed by atoms with E-state index < -0.39 is 18.5 Å². The Labute approximate surface area is 95.2 Å². The molecule has 0 bridgehead atoms. The van der Waals surface area contributed by atoms with Gasteiger partial charge in [0.1, 0.15) is 6.10 Å². The third-order valence-corrected chi connectivity index (χ3v) is 1.87. The molecule has 0 heterocycles. The van der Waals surface area contributed by atoms with Crippen LogP contribution in [0.15, 0.2) is 0 Å². The van der Waals surface area contributed by atoms with Crippen molar-refractivity contribution in [3.63, 3.8) is 0 Å². The maximum Gasteiger partial charge on any atom is 0.179 e. The van der Waals surface area contributed by atoms with Crippen LogP contribution >= 0.6 is 0 Å². The minimum atomic E-state index is -1.10. The van der Waals surface area contributed by atoms with Gasteiger partial charge in [0, 0.05) is 13.1 Å². The van der Waals surface area contributed by atoms with Crippen LogP contribution in [0.2, 0.25) is 0 Å². The minimum Gasteiger partial charge on any atom is -0.394 e. The van der Waals surface area contributed by atoms with Crippen LogP contribution in [-0.4, -0.2) is 66.9 Å². The fourth-order valence-corrected chi connectivity index (χ4v) is 0.928. The Morgan fingerprint density at radius 2 is 2.00 bits per heavy atom. The van der Waals surface area contributed by atoms with Gasteiger partial charge in [0.15, 0.2) is 6.29 Å². The monoisotopic (exact) mass is 238 g/mol. The van der Waals surface area contributed by atoms with Crippen molar-refractivity contribution in [2.75, 3.05) is 33.0 Å². The van der Waals surface area contributed by atoms with E-state index in [2.05, 4.69) is 5.32 Å². The normalized spacial score (nSPS) is 17.1. The Morgan fingerprint density at radius 1 is 1.31 bits per heavy atom. The van der Waals surface area contributed by atoms with E-state index in [9.17, 15) is 5.11 Å². The summed E-state index contributed by atoms with van der Waals surface area (Å²) in [5, 5.41) is 30.1. The van der Waals surface area contributed by atoms with Gasteiger partial charge >= 0.3 is 0 Å². The van der Waals surface area contributed by atoms with Gasteiger partial charge in [0.25, 0.3) is 0 Å². The highest BCUT2D eigenvalue weighted by atomic mass is 16.6. The lowest BCUT2D eigenvalue weighted by Crippen LogP contribution is -2.35. The fraction of sp³-hybridized carbons (Fsp3) is 1.00. The Hall–Kier alpha value is -0.280. The van der Waals surface area contributed by atoms with Crippen LogP contribution < -0.4 is 11.1 Å². The van der Waals surface area contributed by atoms with E-state index in [4.69, 9.17) is 25.4 Å². The molecule has 0 saturated heterocycles. The Balaban J connectivity index is 3.51. The summed E-state index contributed by atoms with van der Waals surface area (Å²) in [6.45, 7) is 2.33. The van der Waals surface area contributed by atoms with Crippen molar-refractivity contribution in [1.29, 1.82) is 0 Å². The second kappa shape index (κ2) is 9.91. The Morgan fingerprint density at radius 3 is 2.50 bits per heavy atom. The summed E-state index contributed by atoms with van der Waals surface area (Å²) >= 11 is 0. The van der Waals surface area contributed by atoms with Crippen molar-refractivity contribution in [1.82, 2.24) is 5.32 Å². The predicted molar refractivity (Wildman–Crippen MR) is 57.5 cm³/mol. The van der Waals surface area contributed by atoms with Crippen molar-refractivity contribution in [2.45, 2.75) is 25.4 Å². The summed E-state index contributed by atoms with van der Waals surface area (Å²) < 4.78 is 9.96. The number of hydrogen-bond donors (Lipinski definition) is 5. The molecule has 3 unspecified atom stereocenters. The molecule has 7 nitrogen and oxygen atoms in total. The summed E-state index contributed by atoms with van der Waals surface area (Å²) in [7, 11) is 0. The molecule has 0 aliphatic heterocycles. The first-order chi connectivity index (χ1) is 7.61. The second-order valence-electron chi connectivity index (χ2n) is 3.35. The molecule has 0 radical (unpaired) electrons. The molecule has 0 aliphatic carbocycles. The van der Waals surface area contributed by atoms with Crippen molar-refractivity contribution in [3.05, 3.63) is 0 Å². The van der Waals surface area contributed by atoms with E-state index in [0.29, 0.717) is 13.1 Å². The summed E-state index contributed by atoms with van der Waals surface area (Å²) in [5.41, 5.74) is 5.23. The van der Waals surface area contributed by atoms with Crippen LogP contribution in [0.25, 0.3) is 0 Å². The molecule has 3 atom stereocenters. The molecule has 0 aromatic heterocycles. The molecule has 0 fully saturated rings. The number of nitrogens with one attached hydrogen (secondary N) is 1. The van der Waals surface area contributed by atoms with Crippen LogP contribution in [0.4, 0.5) is 0 Å². The zero-order valence-corrected chi connectivity index (χ0v) is 9.50. The number of rotatable bonds is 10. The van der Waals surface area contributed by atoms with E-state index in [1.807, 2.05) is 0 Å². The lowest BCUT2D eigenvalue weighted by molar-refractivity contribution is -0.167. The molecule has 0 rings (SSSR count). The molecule has 0 saturated carbocycles. The van der Waals surface area contributed by atoms with Crippen molar-refractivity contribution in [3.8, 4) is 0 Å². The highest BCUT2D eigenvalue weighted by Crippen LogP contribution is 1.99. The maximum atomic E-state index is 9.29. The number of hydrogen-bond acceptors (Lipinski definition) is 7. The smallest absolute Gasteiger partial charge is 0.179 e. The standard InChI is InChI=1S/C9H22N2O5/c1-7(13)8(4-12)15-5-9(14)16-6-11-3-2-10/h7-9,11-14H,2-6,10H2,1H3. The van der Waals surface area contributed by atoms with E-state index in [-0.39, 0.29) is 19.9 Å². The van der Waals surface area contributed by atoms with Gasteiger partial charge in [-0.25, -0.2) is 0 Å². The molecule has 7 heteroatoms. The van der Waals surface area contributed by atoms with E-state index in [1.54, 1.807) is 0 Å². The SMILES string of the molecule is CC(O)C(CO)OCC(O)OCNCCN. The fourth-order valence-electron chi connectivity index (χ4n) is 0.928. The van der Waals surface area contributed by atoms with Crippen LogP contribution in [0.5, 0.6) is 0 Å². The zero-order valence-electron chi connectivity index (χ0n) is 9.50. The van der Waals surface area contributed by atoms with Crippen LogP contribution in [0.1, 0.15) is 6.92 Å². The number of aliphatic hydroxyl groups excluding tert-OH is 3. The lowest BCUT2D eigenvalue weighted by Gasteiger charge is -2.20. The molecule has 16 heavy (non-hydrogen) atoms. The topological polar surface area (TPSA) is 117 Å².